The minimum atomic E-state index is -0.152. The summed E-state index contributed by atoms with van der Waals surface area (Å²) in [6.45, 7) is 6.78. The van der Waals surface area contributed by atoms with Crippen LogP contribution >= 0.6 is 23.1 Å². The molecule has 0 spiro atoms. The van der Waals surface area contributed by atoms with Gasteiger partial charge in [-0.1, -0.05) is 24.3 Å². The first-order valence-electron chi connectivity index (χ1n) is 8.76. The molecule has 28 heavy (non-hydrogen) atoms. The van der Waals surface area contributed by atoms with Gasteiger partial charge in [-0.05, 0) is 54.1 Å². The number of rotatable bonds is 5. The van der Waals surface area contributed by atoms with Gasteiger partial charge in [0.15, 0.2) is 0 Å². The van der Waals surface area contributed by atoms with Crippen LogP contribution in [0.2, 0.25) is 0 Å². The Morgan fingerprint density at radius 3 is 2.61 bits per heavy atom. The van der Waals surface area contributed by atoms with E-state index < -0.39 is 0 Å². The normalized spacial score (nSPS) is 12.0. The number of tetrazole rings is 1. The zero-order valence-corrected chi connectivity index (χ0v) is 17.7. The molecular formula is C19H20N6OS2. The first kappa shape index (κ1) is 19.0. The third-order valence-electron chi connectivity index (χ3n) is 4.04. The van der Waals surface area contributed by atoms with Crippen molar-refractivity contribution >= 4 is 33.3 Å². The van der Waals surface area contributed by atoms with Crippen molar-refractivity contribution < 1.29 is 4.74 Å². The molecule has 0 saturated carbocycles. The van der Waals surface area contributed by atoms with E-state index in [0.717, 1.165) is 31.9 Å². The van der Waals surface area contributed by atoms with Gasteiger partial charge in [0.1, 0.15) is 16.2 Å². The van der Waals surface area contributed by atoms with Crippen LogP contribution in [0.3, 0.4) is 0 Å². The second-order valence-electron chi connectivity index (χ2n) is 7.29. The zero-order chi connectivity index (χ0) is 19.7. The Bertz CT molecular complexity index is 1100. The Kier molecular flexibility index (Phi) is 5.13. The highest BCUT2D eigenvalue weighted by atomic mass is 32.2. The summed E-state index contributed by atoms with van der Waals surface area (Å²) in [5, 5.41) is 16.3. The molecule has 4 rings (SSSR count). The Hall–Kier alpha value is -2.36. The number of nitrogens with zero attached hydrogens (tertiary/aromatic N) is 6. The zero-order valence-electron chi connectivity index (χ0n) is 16.1. The number of aromatic nitrogens is 6. The van der Waals surface area contributed by atoms with Gasteiger partial charge in [0.05, 0.1) is 17.6 Å². The summed E-state index contributed by atoms with van der Waals surface area (Å²) in [6.07, 6.45) is 1.58. The van der Waals surface area contributed by atoms with E-state index >= 15 is 0 Å². The summed E-state index contributed by atoms with van der Waals surface area (Å²) in [5.41, 5.74) is 3.23. The number of aryl methyl sites for hydroxylation is 1. The van der Waals surface area contributed by atoms with Crippen molar-refractivity contribution in [3.8, 4) is 11.1 Å². The van der Waals surface area contributed by atoms with E-state index in [2.05, 4.69) is 75.9 Å². The van der Waals surface area contributed by atoms with Crippen LogP contribution in [0.4, 0.5) is 0 Å². The lowest BCUT2D eigenvalue weighted by atomic mass is 10.0. The molecule has 0 aliphatic rings. The first-order chi connectivity index (χ1) is 13.4. The second kappa shape index (κ2) is 7.57. The summed E-state index contributed by atoms with van der Waals surface area (Å²) in [5.74, 6) is 0. The van der Waals surface area contributed by atoms with Crippen molar-refractivity contribution in [1.82, 2.24) is 30.2 Å². The van der Waals surface area contributed by atoms with Crippen LogP contribution in [-0.2, 0) is 18.4 Å². The van der Waals surface area contributed by atoms with E-state index in [0.29, 0.717) is 11.8 Å². The van der Waals surface area contributed by atoms with Crippen molar-refractivity contribution in [3.63, 3.8) is 0 Å². The number of ether oxygens (including phenoxy) is 1. The number of fused-ring (bicyclic) bond motifs is 1. The number of hydrogen-bond acceptors (Lipinski definition) is 8. The summed E-state index contributed by atoms with van der Waals surface area (Å²) >= 11 is 3.05. The molecule has 3 aromatic heterocycles. The summed E-state index contributed by atoms with van der Waals surface area (Å²) < 4.78 is 7.50. The van der Waals surface area contributed by atoms with Gasteiger partial charge < -0.3 is 4.74 Å². The quantitative estimate of drug-likeness (QED) is 0.451. The third kappa shape index (κ3) is 4.06. The summed E-state index contributed by atoms with van der Waals surface area (Å²) in [4.78, 5) is 9.86. The van der Waals surface area contributed by atoms with Crippen molar-refractivity contribution in [3.05, 3.63) is 41.5 Å². The summed E-state index contributed by atoms with van der Waals surface area (Å²) in [6, 6.07) is 8.45. The Balaban J connectivity index is 1.66. The molecule has 0 aliphatic heterocycles. The van der Waals surface area contributed by atoms with Gasteiger partial charge in [0.2, 0.25) is 5.16 Å². The predicted octanol–water partition coefficient (Wildman–Crippen LogP) is 4.35. The molecule has 0 N–H and O–H groups in total. The molecule has 0 aliphatic carbocycles. The van der Waals surface area contributed by atoms with Crippen LogP contribution in [0, 0.1) is 0 Å². The molecular weight excluding hydrogens is 392 g/mol. The molecule has 0 amide bonds. The minimum absolute atomic E-state index is 0.152. The molecule has 0 bridgehead atoms. The molecule has 9 heteroatoms. The SMILES string of the molecule is Cn1nnnc1Sc1ncnc2scc(-c3ccc(COC(C)(C)C)cc3)c12. The minimum Gasteiger partial charge on any atom is -0.371 e. The number of hydrogen-bond donors (Lipinski definition) is 0. The maximum absolute atomic E-state index is 5.86. The molecule has 0 radical (unpaired) electrons. The largest absolute Gasteiger partial charge is 0.371 e. The predicted molar refractivity (Wildman–Crippen MR) is 110 cm³/mol. The Labute approximate surface area is 171 Å². The van der Waals surface area contributed by atoms with Gasteiger partial charge in [-0.25, -0.2) is 14.6 Å². The molecule has 0 atom stereocenters. The maximum atomic E-state index is 5.86. The fraction of sp³-hybridized carbons (Fsp3) is 0.316. The highest BCUT2D eigenvalue weighted by Crippen LogP contribution is 2.39. The van der Waals surface area contributed by atoms with Crippen LogP contribution in [0.25, 0.3) is 21.3 Å². The van der Waals surface area contributed by atoms with Crippen molar-refractivity contribution in [1.29, 1.82) is 0 Å². The van der Waals surface area contributed by atoms with Gasteiger partial charge in [-0.3, -0.25) is 0 Å². The van der Waals surface area contributed by atoms with Crippen LogP contribution in [0.15, 0.2) is 46.2 Å². The standard InChI is InChI=1S/C19H20N6OS2/c1-19(2,3)26-9-12-5-7-13(8-6-12)14-10-27-16-15(14)17(21-11-20-16)28-18-22-23-24-25(18)4/h5-8,10-11H,9H2,1-4H3. The van der Waals surface area contributed by atoms with Crippen molar-refractivity contribution in [2.75, 3.05) is 0 Å². The van der Waals surface area contributed by atoms with E-state index in [1.54, 1.807) is 22.3 Å². The maximum Gasteiger partial charge on any atom is 0.215 e. The van der Waals surface area contributed by atoms with Crippen LogP contribution < -0.4 is 0 Å². The van der Waals surface area contributed by atoms with Crippen LogP contribution in [-0.4, -0.2) is 35.8 Å². The molecule has 0 unspecified atom stereocenters. The fourth-order valence-electron chi connectivity index (χ4n) is 2.61. The van der Waals surface area contributed by atoms with Gasteiger partial charge in [0, 0.05) is 18.0 Å². The second-order valence-corrected chi connectivity index (χ2v) is 9.11. The van der Waals surface area contributed by atoms with E-state index in [4.69, 9.17) is 4.74 Å². The molecule has 7 nitrogen and oxygen atoms in total. The van der Waals surface area contributed by atoms with E-state index in [1.807, 2.05) is 7.05 Å². The lowest BCUT2D eigenvalue weighted by Crippen LogP contribution is -2.18. The molecule has 0 saturated heterocycles. The van der Waals surface area contributed by atoms with Crippen molar-refractivity contribution in [2.24, 2.45) is 7.05 Å². The molecule has 0 fully saturated rings. The smallest absolute Gasteiger partial charge is 0.215 e. The lowest BCUT2D eigenvalue weighted by Gasteiger charge is -2.19. The highest BCUT2D eigenvalue weighted by Gasteiger charge is 2.16. The van der Waals surface area contributed by atoms with E-state index in [1.165, 1.54) is 11.8 Å². The molecule has 4 aromatic rings. The van der Waals surface area contributed by atoms with Gasteiger partial charge >= 0.3 is 0 Å². The first-order valence-corrected chi connectivity index (χ1v) is 10.5. The molecule has 3 heterocycles. The van der Waals surface area contributed by atoms with E-state index in [-0.39, 0.29) is 5.60 Å². The fourth-order valence-corrected chi connectivity index (χ4v) is 4.42. The average Bonchev–Trinajstić information content (AvgIpc) is 3.27. The number of benzene rings is 1. The third-order valence-corrected chi connectivity index (χ3v) is 5.96. The molecule has 1 aromatic carbocycles. The molecule has 144 valence electrons. The van der Waals surface area contributed by atoms with Gasteiger partial charge in [-0.15, -0.1) is 16.4 Å². The average molecular weight is 413 g/mol. The Morgan fingerprint density at radius 2 is 1.93 bits per heavy atom. The lowest BCUT2D eigenvalue weighted by molar-refractivity contribution is -0.0149. The Morgan fingerprint density at radius 1 is 1.14 bits per heavy atom. The topological polar surface area (TPSA) is 78.6 Å². The van der Waals surface area contributed by atoms with Crippen LogP contribution in [0.5, 0.6) is 0 Å². The summed E-state index contributed by atoms with van der Waals surface area (Å²) in [7, 11) is 1.81. The van der Waals surface area contributed by atoms with E-state index in [9.17, 15) is 0 Å². The van der Waals surface area contributed by atoms with Crippen LogP contribution in [0.1, 0.15) is 26.3 Å². The highest BCUT2D eigenvalue weighted by molar-refractivity contribution is 7.99. The van der Waals surface area contributed by atoms with Gasteiger partial charge in [-0.2, -0.15) is 0 Å². The number of thiophene rings is 1. The monoisotopic (exact) mass is 412 g/mol. The van der Waals surface area contributed by atoms with Crippen molar-refractivity contribution in [2.45, 2.75) is 43.2 Å². The van der Waals surface area contributed by atoms with Gasteiger partial charge in [0.25, 0.3) is 0 Å².